The fourth-order valence-corrected chi connectivity index (χ4v) is 2.91. The van der Waals surface area contributed by atoms with E-state index in [1.54, 1.807) is 19.1 Å². The highest BCUT2D eigenvalue weighted by atomic mass is 32.2. The molecule has 22 heavy (non-hydrogen) atoms. The Morgan fingerprint density at radius 3 is 2.41 bits per heavy atom. The van der Waals surface area contributed by atoms with Gasteiger partial charge in [-0.15, -0.1) is 0 Å². The molecule has 0 amide bonds. The lowest BCUT2D eigenvalue weighted by Gasteiger charge is -2.10. The minimum atomic E-state index is -4.18. The molecule has 0 spiro atoms. The summed E-state index contributed by atoms with van der Waals surface area (Å²) >= 11 is 0. The number of nitro benzene ring substituents is 1. The van der Waals surface area contributed by atoms with Gasteiger partial charge in [-0.2, -0.15) is 8.42 Å². The summed E-state index contributed by atoms with van der Waals surface area (Å²) in [6.45, 7) is 3.58. The van der Waals surface area contributed by atoms with Gasteiger partial charge in [0.25, 0.3) is 5.69 Å². The van der Waals surface area contributed by atoms with Gasteiger partial charge in [0.15, 0.2) is 0 Å². The molecule has 2 aromatic carbocycles. The summed E-state index contributed by atoms with van der Waals surface area (Å²) in [6.07, 6.45) is 0. The van der Waals surface area contributed by atoms with E-state index < -0.39 is 20.7 Å². The summed E-state index contributed by atoms with van der Waals surface area (Å²) in [5.41, 5.74) is 6.46. The first-order valence-electron chi connectivity index (χ1n) is 6.26. The Morgan fingerprint density at radius 2 is 1.82 bits per heavy atom. The fourth-order valence-electron chi connectivity index (χ4n) is 1.90. The number of nitro groups is 1. The van der Waals surface area contributed by atoms with Gasteiger partial charge in [-0.1, -0.05) is 17.7 Å². The number of anilines is 1. The molecule has 2 N–H and O–H groups in total. The second-order valence-corrected chi connectivity index (χ2v) is 6.33. The van der Waals surface area contributed by atoms with Gasteiger partial charge in [-0.3, -0.25) is 10.1 Å². The topological polar surface area (TPSA) is 113 Å². The number of rotatable bonds is 4. The maximum atomic E-state index is 12.2. The van der Waals surface area contributed by atoms with Crippen molar-refractivity contribution in [3.63, 3.8) is 0 Å². The molecule has 2 rings (SSSR count). The lowest BCUT2D eigenvalue weighted by Crippen LogP contribution is -2.11. The Labute approximate surface area is 127 Å². The number of nitrogens with zero attached hydrogens (tertiary/aromatic N) is 1. The third-order valence-corrected chi connectivity index (χ3v) is 4.25. The first-order valence-corrected chi connectivity index (χ1v) is 7.67. The zero-order valence-electron chi connectivity index (χ0n) is 11.9. The molecule has 7 nitrogen and oxygen atoms in total. The third-order valence-electron chi connectivity index (χ3n) is 3.02. The number of aryl methyl sites for hydroxylation is 2. The van der Waals surface area contributed by atoms with Gasteiger partial charge in [0, 0.05) is 6.07 Å². The van der Waals surface area contributed by atoms with Crippen molar-refractivity contribution in [2.75, 3.05) is 5.73 Å². The molecular weight excluding hydrogens is 308 g/mol. The van der Waals surface area contributed by atoms with E-state index in [-0.39, 0.29) is 16.3 Å². The van der Waals surface area contributed by atoms with Crippen LogP contribution < -0.4 is 9.92 Å². The quantitative estimate of drug-likeness (QED) is 0.400. The maximum Gasteiger partial charge on any atom is 0.339 e. The van der Waals surface area contributed by atoms with E-state index in [1.807, 2.05) is 6.92 Å². The van der Waals surface area contributed by atoms with Crippen LogP contribution in [0.25, 0.3) is 0 Å². The molecule has 0 saturated heterocycles. The molecule has 0 saturated carbocycles. The molecule has 0 aliphatic carbocycles. The van der Waals surface area contributed by atoms with Crippen LogP contribution in [0.2, 0.25) is 0 Å². The Hall–Kier alpha value is -2.61. The smallest absolute Gasteiger partial charge is 0.339 e. The van der Waals surface area contributed by atoms with Gasteiger partial charge in [-0.25, -0.2) is 0 Å². The van der Waals surface area contributed by atoms with Gasteiger partial charge in [0.2, 0.25) is 0 Å². The second kappa shape index (κ2) is 5.64. The zero-order chi connectivity index (χ0) is 16.5. The van der Waals surface area contributed by atoms with Crippen LogP contribution in [0.15, 0.2) is 41.3 Å². The van der Waals surface area contributed by atoms with E-state index in [0.29, 0.717) is 5.56 Å². The summed E-state index contributed by atoms with van der Waals surface area (Å²) in [7, 11) is -4.18. The van der Waals surface area contributed by atoms with Crippen molar-refractivity contribution in [3.05, 3.63) is 57.6 Å². The highest BCUT2D eigenvalue weighted by Gasteiger charge is 2.22. The molecule has 116 valence electrons. The van der Waals surface area contributed by atoms with Crippen molar-refractivity contribution in [2.45, 2.75) is 18.7 Å². The lowest BCUT2D eigenvalue weighted by molar-refractivity contribution is -0.384. The van der Waals surface area contributed by atoms with Crippen molar-refractivity contribution < 1.29 is 17.5 Å². The van der Waals surface area contributed by atoms with Crippen molar-refractivity contribution in [2.24, 2.45) is 0 Å². The fraction of sp³-hybridized carbons (Fsp3) is 0.143. The number of nitrogens with two attached hydrogens (primary N) is 1. The minimum absolute atomic E-state index is 0.115. The Morgan fingerprint density at radius 1 is 1.14 bits per heavy atom. The summed E-state index contributed by atoms with van der Waals surface area (Å²) in [5.74, 6) is 0.171. The zero-order valence-corrected chi connectivity index (χ0v) is 12.8. The molecule has 0 bridgehead atoms. The SMILES string of the molecule is Cc1ccc(OS(=O)(=O)c2ccc(N)c([N+](=O)[O-])c2)c(C)c1. The van der Waals surface area contributed by atoms with Crippen LogP contribution in [0.3, 0.4) is 0 Å². The summed E-state index contributed by atoms with van der Waals surface area (Å²) in [5, 5.41) is 10.8. The first-order chi connectivity index (χ1) is 10.2. The van der Waals surface area contributed by atoms with Crippen molar-refractivity contribution in [3.8, 4) is 5.75 Å². The predicted molar refractivity (Wildman–Crippen MR) is 81.2 cm³/mol. The highest BCUT2D eigenvalue weighted by Crippen LogP contribution is 2.28. The van der Waals surface area contributed by atoms with E-state index in [0.717, 1.165) is 17.7 Å². The molecule has 0 atom stereocenters. The van der Waals surface area contributed by atoms with E-state index in [4.69, 9.17) is 9.92 Å². The largest absolute Gasteiger partial charge is 0.393 e. The third kappa shape index (κ3) is 3.17. The summed E-state index contributed by atoms with van der Waals surface area (Å²) < 4.78 is 29.5. The predicted octanol–water partition coefficient (Wildman–Crippen LogP) is 2.56. The van der Waals surface area contributed by atoms with Crippen LogP contribution in [0.5, 0.6) is 5.75 Å². The first kappa shape index (κ1) is 15.8. The molecular formula is C14H14N2O5S. The van der Waals surface area contributed by atoms with Crippen molar-refractivity contribution >= 4 is 21.5 Å². The number of hydrogen-bond acceptors (Lipinski definition) is 6. The minimum Gasteiger partial charge on any atom is -0.393 e. The monoisotopic (exact) mass is 322 g/mol. The molecule has 8 heteroatoms. The highest BCUT2D eigenvalue weighted by molar-refractivity contribution is 7.87. The molecule has 0 fully saturated rings. The normalized spacial score (nSPS) is 11.2. The lowest BCUT2D eigenvalue weighted by atomic mass is 10.1. The van der Waals surface area contributed by atoms with E-state index in [9.17, 15) is 18.5 Å². The van der Waals surface area contributed by atoms with E-state index >= 15 is 0 Å². The Kier molecular flexibility index (Phi) is 4.05. The average molecular weight is 322 g/mol. The molecule has 0 aliphatic rings. The van der Waals surface area contributed by atoms with Gasteiger partial charge in [0.05, 0.1) is 4.92 Å². The number of hydrogen-bond donors (Lipinski definition) is 1. The van der Waals surface area contributed by atoms with Crippen molar-refractivity contribution in [1.82, 2.24) is 0 Å². The molecule has 0 aromatic heterocycles. The van der Waals surface area contributed by atoms with Crippen LogP contribution in [0, 0.1) is 24.0 Å². The average Bonchev–Trinajstić information content (AvgIpc) is 2.42. The van der Waals surface area contributed by atoms with Crippen LogP contribution >= 0.6 is 0 Å². The molecule has 0 heterocycles. The van der Waals surface area contributed by atoms with Crippen LogP contribution in [-0.4, -0.2) is 13.3 Å². The van der Waals surface area contributed by atoms with Gasteiger partial charge >= 0.3 is 10.1 Å². The Balaban J connectivity index is 2.42. The van der Waals surface area contributed by atoms with Crippen LogP contribution in [0.4, 0.5) is 11.4 Å². The molecule has 2 aromatic rings. The second-order valence-electron chi connectivity index (χ2n) is 4.78. The Bertz CT molecular complexity index is 846. The maximum absolute atomic E-state index is 12.2. The molecule has 0 radical (unpaired) electrons. The van der Waals surface area contributed by atoms with E-state index in [2.05, 4.69) is 0 Å². The van der Waals surface area contributed by atoms with Gasteiger partial charge in [-0.05, 0) is 37.6 Å². The van der Waals surface area contributed by atoms with Gasteiger partial charge in [0.1, 0.15) is 16.3 Å². The summed E-state index contributed by atoms with van der Waals surface area (Å²) in [6, 6.07) is 8.24. The van der Waals surface area contributed by atoms with Crippen LogP contribution in [-0.2, 0) is 10.1 Å². The molecule has 0 aliphatic heterocycles. The number of nitrogen functional groups attached to an aromatic ring is 1. The van der Waals surface area contributed by atoms with E-state index in [1.165, 1.54) is 12.1 Å². The standard InChI is InChI=1S/C14H14N2O5S/c1-9-3-6-14(10(2)7-9)21-22(19,20)11-4-5-12(15)13(8-11)16(17)18/h3-8H,15H2,1-2H3. The van der Waals surface area contributed by atoms with Crippen LogP contribution in [0.1, 0.15) is 11.1 Å². The summed E-state index contributed by atoms with van der Waals surface area (Å²) in [4.78, 5) is 9.77. The van der Waals surface area contributed by atoms with Crippen molar-refractivity contribution in [1.29, 1.82) is 0 Å². The number of benzene rings is 2. The molecule has 0 unspecified atom stereocenters. The van der Waals surface area contributed by atoms with Gasteiger partial charge < -0.3 is 9.92 Å².